The van der Waals surface area contributed by atoms with Gasteiger partial charge in [-0.1, -0.05) is 30.3 Å². The Kier molecular flexibility index (Phi) is 2.97. The molecule has 0 spiro atoms. The molecule has 1 aliphatic carbocycles. The molecule has 1 saturated carbocycles. The minimum absolute atomic E-state index is 0.00974. The number of carbonyl (C=O) groups is 1. The minimum atomic E-state index is -0.268. The van der Waals surface area contributed by atoms with Crippen molar-refractivity contribution < 1.29 is 4.79 Å². The van der Waals surface area contributed by atoms with Crippen molar-refractivity contribution in [1.29, 1.82) is 0 Å². The maximum Gasteiger partial charge on any atom is 0.230 e. The quantitative estimate of drug-likeness (QED) is 0.797. The van der Waals surface area contributed by atoms with Gasteiger partial charge in [-0.05, 0) is 25.3 Å². The zero-order valence-electron chi connectivity index (χ0n) is 9.57. The van der Waals surface area contributed by atoms with Gasteiger partial charge in [0.2, 0.25) is 5.91 Å². The normalized spacial score (nSPS) is 18.9. The van der Waals surface area contributed by atoms with E-state index >= 15 is 0 Å². The summed E-state index contributed by atoms with van der Waals surface area (Å²) in [6.45, 7) is 2.44. The summed E-state index contributed by atoms with van der Waals surface area (Å²) in [6, 6.07) is 9.99. The summed E-state index contributed by atoms with van der Waals surface area (Å²) in [7, 11) is 0. The van der Waals surface area contributed by atoms with Gasteiger partial charge in [0.15, 0.2) is 0 Å². The predicted octanol–water partition coefficient (Wildman–Crippen LogP) is 1.18. The largest absolute Gasteiger partial charge is 0.354 e. The van der Waals surface area contributed by atoms with E-state index in [-0.39, 0.29) is 17.4 Å². The zero-order chi connectivity index (χ0) is 11.6. The molecule has 1 fully saturated rings. The Hall–Kier alpha value is -1.35. The fourth-order valence-electron chi connectivity index (χ4n) is 1.95. The number of rotatable bonds is 4. The lowest BCUT2D eigenvalue weighted by molar-refractivity contribution is -0.123. The number of nitrogens with two attached hydrogens (primary N) is 1. The molecule has 1 amide bonds. The molecule has 0 saturated heterocycles. The summed E-state index contributed by atoms with van der Waals surface area (Å²) in [5, 5.41) is 2.92. The van der Waals surface area contributed by atoms with Crippen molar-refractivity contribution in [3.05, 3.63) is 35.9 Å². The Morgan fingerprint density at radius 3 is 2.56 bits per heavy atom. The number of carbonyl (C=O) groups excluding carboxylic acids is 1. The molecule has 0 aliphatic heterocycles. The highest BCUT2D eigenvalue weighted by molar-refractivity contribution is 5.91. The van der Waals surface area contributed by atoms with Crippen LogP contribution in [0.25, 0.3) is 0 Å². The van der Waals surface area contributed by atoms with E-state index in [1.807, 2.05) is 37.3 Å². The number of hydrogen-bond donors (Lipinski definition) is 2. The van der Waals surface area contributed by atoms with Gasteiger partial charge >= 0.3 is 0 Å². The number of hydrogen-bond acceptors (Lipinski definition) is 2. The van der Waals surface area contributed by atoms with E-state index in [0.717, 1.165) is 18.4 Å². The van der Waals surface area contributed by atoms with Gasteiger partial charge in [-0.25, -0.2) is 0 Å². The van der Waals surface area contributed by atoms with Crippen LogP contribution in [-0.2, 0) is 10.2 Å². The number of nitrogens with one attached hydrogen (secondary N) is 1. The van der Waals surface area contributed by atoms with Crippen LogP contribution in [0, 0.1) is 0 Å². The maximum atomic E-state index is 12.1. The lowest BCUT2D eigenvalue weighted by atomic mass is 9.95. The second-order valence-corrected chi connectivity index (χ2v) is 4.64. The molecular formula is C13H18N2O. The van der Waals surface area contributed by atoms with Crippen LogP contribution in [0.4, 0.5) is 0 Å². The average Bonchev–Trinajstić information content (AvgIpc) is 3.08. The molecule has 86 valence electrons. The van der Waals surface area contributed by atoms with Crippen molar-refractivity contribution in [2.24, 2.45) is 5.73 Å². The van der Waals surface area contributed by atoms with Crippen LogP contribution in [0.3, 0.4) is 0 Å². The van der Waals surface area contributed by atoms with Crippen LogP contribution < -0.4 is 11.1 Å². The summed E-state index contributed by atoms with van der Waals surface area (Å²) < 4.78 is 0. The molecule has 1 aromatic rings. The summed E-state index contributed by atoms with van der Waals surface area (Å²) >= 11 is 0. The standard InChI is InChI=1S/C13H18N2O/c1-10(14)9-15-12(16)13(7-8-13)11-5-3-2-4-6-11/h2-6,10H,7-9,14H2,1H3,(H,15,16). The van der Waals surface area contributed by atoms with E-state index in [4.69, 9.17) is 5.73 Å². The van der Waals surface area contributed by atoms with E-state index in [1.165, 1.54) is 0 Å². The molecule has 16 heavy (non-hydrogen) atoms. The third kappa shape index (κ3) is 2.09. The Balaban J connectivity index is 2.06. The molecule has 1 aromatic carbocycles. The van der Waals surface area contributed by atoms with Crippen molar-refractivity contribution in [3.63, 3.8) is 0 Å². The zero-order valence-corrected chi connectivity index (χ0v) is 9.57. The molecule has 0 heterocycles. The Morgan fingerprint density at radius 2 is 2.06 bits per heavy atom. The first-order chi connectivity index (χ1) is 7.65. The van der Waals surface area contributed by atoms with Crippen LogP contribution in [0.2, 0.25) is 0 Å². The highest BCUT2D eigenvalue weighted by Gasteiger charge is 2.50. The molecule has 1 unspecified atom stereocenters. The van der Waals surface area contributed by atoms with Crippen LogP contribution in [0.15, 0.2) is 30.3 Å². The Bertz CT molecular complexity index is 369. The SMILES string of the molecule is CC(N)CNC(=O)C1(c2ccccc2)CC1. The van der Waals surface area contributed by atoms with Gasteiger partial charge in [0.25, 0.3) is 0 Å². The molecule has 0 bridgehead atoms. The predicted molar refractivity (Wildman–Crippen MR) is 64.0 cm³/mol. The van der Waals surface area contributed by atoms with Crippen molar-refractivity contribution in [1.82, 2.24) is 5.32 Å². The fraction of sp³-hybridized carbons (Fsp3) is 0.462. The minimum Gasteiger partial charge on any atom is -0.354 e. The highest BCUT2D eigenvalue weighted by atomic mass is 16.2. The summed E-state index contributed by atoms with van der Waals surface area (Å²) in [5.74, 6) is 0.121. The van der Waals surface area contributed by atoms with Crippen molar-refractivity contribution in [2.75, 3.05) is 6.54 Å². The van der Waals surface area contributed by atoms with Crippen LogP contribution >= 0.6 is 0 Å². The van der Waals surface area contributed by atoms with Crippen LogP contribution in [0.1, 0.15) is 25.3 Å². The molecule has 3 N–H and O–H groups in total. The third-order valence-electron chi connectivity index (χ3n) is 3.10. The smallest absolute Gasteiger partial charge is 0.230 e. The van der Waals surface area contributed by atoms with Crippen molar-refractivity contribution >= 4 is 5.91 Å². The monoisotopic (exact) mass is 218 g/mol. The molecule has 0 radical (unpaired) electrons. The van der Waals surface area contributed by atoms with E-state index in [0.29, 0.717) is 6.54 Å². The molecule has 3 nitrogen and oxygen atoms in total. The first-order valence-electron chi connectivity index (χ1n) is 5.74. The third-order valence-corrected chi connectivity index (χ3v) is 3.10. The lowest BCUT2D eigenvalue weighted by Crippen LogP contribution is -2.40. The molecule has 0 aromatic heterocycles. The topological polar surface area (TPSA) is 55.1 Å². The summed E-state index contributed by atoms with van der Waals surface area (Å²) in [4.78, 5) is 12.1. The van der Waals surface area contributed by atoms with Gasteiger partial charge in [-0.2, -0.15) is 0 Å². The lowest BCUT2D eigenvalue weighted by Gasteiger charge is -2.16. The van der Waals surface area contributed by atoms with Gasteiger partial charge in [-0.3, -0.25) is 4.79 Å². The van der Waals surface area contributed by atoms with Crippen molar-refractivity contribution in [3.8, 4) is 0 Å². The van der Waals surface area contributed by atoms with E-state index in [9.17, 15) is 4.79 Å². The fourth-order valence-corrected chi connectivity index (χ4v) is 1.95. The van der Waals surface area contributed by atoms with Crippen LogP contribution in [-0.4, -0.2) is 18.5 Å². The van der Waals surface area contributed by atoms with E-state index in [2.05, 4.69) is 5.32 Å². The first kappa shape index (κ1) is 11.1. The number of amides is 1. The van der Waals surface area contributed by atoms with Gasteiger partial charge in [0.1, 0.15) is 0 Å². The Labute approximate surface area is 96.0 Å². The van der Waals surface area contributed by atoms with E-state index < -0.39 is 0 Å². The van der Waals surface area contributed by atoms with Gasteiger partial charge < -0.3 is 11.1 Å². The molecule has 1 aliphatic rings. The molecule has 2 rings (SSSR count). The number of benzene rings is 1. The second kappa shape index (κ2) is 4.26. The molecule has 1 atom stereocenters. The first-order valence-corrected chi connectivity index (χ1v) is 5.74. The maximum absolute atomic E-state index is 12.1. The van der Waals surface area contributed by atoms with Gasteiger partial charge in [-0.15, -0.1) is 0 Å². The molecule has 3 heteroatoms. The summed E-state index contributed by atoms with van der Waals surface area (Å²) in [6.07, 6.45) is 1.89. The highest BCUT2D eigenvalue weighted by Crippen LogP contribution is 2.48. The van der Waals surface area contributed by atoms with Crippen LogP contribution in [0.5, 0.6) is 0 Å². The van der Waals surface area contributed by atoms with Crippen molar-refractivity contribution in [2.45, 2.75) is 31.2 Å². The van der Waals surface area contributed by atoms with E-state index in [1.54, 1.807) is 0 Å². The van der Waals surface area contributed by atoms with Gasteiger partial charge in [0, 0.05) is 12.6 Å². The van der Waals surface area contributed by atoms with Gasteiger partial charge in [0.05, 0.1) is 5.41 Å². The average molecular weight is 218 g/mol. The second-order valence-electron chi connectivity index (χ2n) is 4.64. The summed E-state index contributed by atoms with van der Waals surface area (Å²) in [5.41, 5.74) is 6.48. The Morgan fingerprint density at radius 1 is 1.44 bits per heavy atom. The molecular weight excluding hydrogens is 200 g/mol.